The second-order valence-corrected chi connectivity index (χ2v) is 4.38. The summed E-state index contributed by atoms with van der Waals surface area (Å²) in [6, 6.07) is 11.7. The summed E-state index contributed by atoms with van der Waals surface area (Å²) in [5, 5.41) is 8.74. The number of nitrogens with one attached hydrogen (secondary N) is 1. The summed E-state index contributed by atoms with van der Waals surface area (Å²) in [7, 11) is 0. The number of rotatable bonds is 4. The van der Waals surface area contributed by atoms with Crippen molar-refractivity contribution in [3.05, 3.63) is 53.9 Å². The first kappa shape index (κ1) is 10.8. The third-order valence-electron chi connectivity index (χ3n) is 2.14. The molecule has 1 heterocycles. The van der Waals surface area contributed by atoms with E-state index in [0.29, 0.717) is 0 Å². The van der Waals surface area contributed by atoms with Crippen molar-refractivity contribution >= 4 is 17.7 Å². The van der Waals surface area contributed by atoms with Crippen molar-refractivity contribution < 1.29 is 9.90 Å². The van der Waals surface area contributed by atoms with E-state index in [-0.39, 0.29) is 5.69 Å². The van der Waals surface area contributed by atoms with Gasteiger partial charge >= 0.3 is 5.97 Å². The van der Waals surface area contributed by atoms with E-state index in [1.54, 1.807) is 24.0 Å². The second-order valence-electron chi connectivity index (χ2n) is 3.33. The van der Waals surface area contributed by atoms with Crippen molar-refractivity contribution in [2.75, 3.05) is 0 Å². The zero-order valence-corrected chi connectivity index (χ0v) is 9.33. The standard InChI is InChI=1S/C12H11NO2S/c14-12(15)11-6-10(7-13-11)16-8-9-4-2-1-3-5-9/h1-7,13H,8H2,(H,14,15). The Morgan fingerprint density at radius 2 is 2.06 bits per heavy atom. The van der Waals surface area contributed by atoms with Crippen molar-refractivity contribution in [3.63, 3.8) is 0 Å². The molecule has 3 nitrogen and oxygen atoms in total. The smallest absolute Gasteiger partial charge is 0.352 e. The van der Waals surface area contributed by atoms with Gasteiger partial charge in [-0.15, -0.1) is 11.8 Å². The summed E-state index contributed by atoms with van der Waals surface area (Å²) in [4.78, 5) is 14.3. The predicted molar refractivity (Wildman–Crippen MR) is 63.8 cm³/mol. The van der Waals surface area contributed by atoms with Gasteiger partial charge < -0.3 is 10.1 Å². The molecule has 1 aromatic carbocycles. The number of aromatic nitrogens is 1. The Kier molecular flexibility index (Phi) is 3.31. The molecule has 0 amide bonds. The van der Waals surface area contributed by atoms with Crippen molar-refractivity contribution in [2.24, 2.45) is 0 Å². The number of thioether (sulfide) groups is 1. The van der Waals surface area contributed by atoms with Crippen LogP contribution in [-0.4, -0.2) is 16.1 Å². The molecule has 0 saturated heterocycles. The number of carbonyl (C=O) groups is 1. The first-order valence-corrected chi connectivity index (χ1v) is 5.83. The number of hydrogen-bond donors (Lipinski definition) is 2. The van der Waals surface area contributed by atoms with Crippen LogP contribution >= 0.6 is 11.8 Å². The highest BCUT2D eigenvalue weighted by atomic mass is 32.2. The predicted octanol–water partition coefficient (Wildman–Crippen LogP) is 3.01. The van der Waals surface area contributed by atoms with Crippen LogP contribution in [0.1, 0.15) is 16.1 Å². The Morgan fingerprint density at radius 3 is 2.69 bits per heavy atom. The van der Waals surface area contributed by atoms with Crippen molar-refractivity contribution in [3.8, 4) is 0 Å². The molecule has 0 aliphatic rings. The molecule has 0 aliphatic heterocycles. The zero-order valence-electron chi connectivity index (χ0n) is 8.51. The van der Waals surface area contributed by atoms with Gasteiger partial charge in [-0.1, -0.05) is 30.3 Å². The van der Waals surface area contributed by atoms with E-state index in [0.717, 1.165) is 10.6 Å². The first-order valence-electron chi connectivity index (χ1n) is 4.84. The topological polar surface area (TPSA) is 53.1 Å². The lowest BCUT2D eigenvalue weighted by Gasteiger charge is -1.98. The minimum absolute atomic E-state index is 0.232. The van der Waals surface area contributed by atoms with E-state index in [4.69, 9.17) is 5.11 Å². The maximum absolute atomic E-state index is 10.6. The molecule has 0 unspecified atom stereocenters. The highest BCUT2D eigenvalue weighted by Crippen LogP contribution is 2.23. The number of benzene rings is 1. The summed E-state index contributed by atoms with van der Waals surface area (Å²) in [5.41, 5.74) is 1.46. The molecule has 0 atom stereocenters. The molecule has 0 fully saturated rings. The molecule has 2 aromatic rings. The highest BCUT2D eigenvalue weighted by Gasteiger charge is 2.06. The Labute approximate surface area is 97.5 Å². The van der Waals surface area contributed by atoms with Crippen LogP contribution < -0.4 is 0 Å². The molecule has 1 aromatic heterocycles. The maximum atomic E-state index is 10.6. The summed E-state index contributed by atoms with van der Waals surface area (Å²) in [5.74, 6) is -0.0795. The van der Waals surface area contributed by atoms with Crippen LogP contribution in [0.15, 0.2) is 47.5 Å². The van der Waals surface area contributed by atoms with Gasteiger partial charge in [-0.05, 0) is 11.6 Å². The van der Waals surface area contributed by atoms with Gasteiger partial charge in [0.15, 0.2) is 0 Å². The van der Waals surface area contributed by atoms with Crippen LogP contribution in [0, 0.1) is 0 Å². The van der Waals surface area contributed by atoms with Gasteiger partial charge in [0.2, 0.25) is 0 Å². The van der Waals surface area contributed by atoms with E-state index < -0.39 is 5.97 Å². The maximum Gasteiger partial charge on any atom is 0.352 e. The molecule has 2 rings (SSSR count). The Hall–Kier alpha value is -1.68. The number of carboxylic acids is 1. The van der Waals surface area contributed by atoms with Crippen LogP contribution in [0.2, 0.25) is 0 Å². The third kappa shape index (κ3) is 2.67. The molecule has 82 valence electrons. The molecule has 16 heavy (non-hydrogen) atoms. The molecule has 0 aliphatic carbocycles. The van der Waals surface area contributed by atoms with Gasteiger partial charge in [-0.3, -0.25) is 0 Å². The Bertz CT molecular complexity index is 479. The summed E-state index contributed by atoms with van der Waals surface area (Å²) in [6.07, 6.45) is 1.72. The van der Waals surface area contributed by atoms with Crippen LogP contribution in [0.4, 0.5) is 0 Å². The van der Waals surface area contributed by atoms with Gasteiger partial charge in [0.1, 0.15) is 5.69 Å². The molecule has 2 N–H and O–H groups in total. The number of carboxylic acid groups (broad SMARTS) is 1. The number of hydrogen-bond acceptors (Lipinski definition) is 2. The molecule has 4 heteroatoms. The monoisotopic (exact) mass is 233 g/mol. The van der Waals surface area contributed by atoms with E-state index in [2.05, 4.69) is 17.1 Å². The van der Waals surface area contributed by atoms with Crippen LogP contribution in [0.25, 0.3) is 0 Å². The van der Waals surface area contributed by atoms with Gasteiger partial charge in [0, 0.05) is 16.8 Å². The third-order valence-corrected chi connectivity index (χ3v) is 3.18. The minimum atomic E-state index is -0.924. The number of aromatic amines is 1. The number of H-pyrrole nitrogens is 1. The van der Waals surface area contributed by atoms with E-state index in [1.807, 2.05) is 18.2 Å². The van der Waals surface area contributed by atoms with Crippen molar-refractivity contribution in [1.82, 2.24) is 4.98 Å². The SMILES string of the molecule is O=C(O)c1cc(SCc2ccccc2)c[nH]1. The van der Waals surface area contributed by atoms with Gasteiger partial charge in [0.25, 0.3) is 0 Å². The zero-order chi connectivity index (χ0) is 11.4. The Morgan fingerprint density at radius 1 is 1.31 bits per heavy atom. The lowest BCUT2D eigenvalue weighted by molar-refractivity contribution is 0.0691. The van der Waals surface area contributed by atoms with Gasteiger partial charge in [0.05, 0.1) is 0 Å². The fourth-order valence-corrected chi connectivity index (χ4v) is 2.19. The average molecular weight is 233 g/mol. The summed E-state index contributed by atoms with van der Waals surface area (Å²) < 4.78 is 0. The lowest BCUT2D eigenvalue weighted by Crippen LogP contribution is -1.94. The molecular formula is C12H11NO2S. The van der Waals surface area contributed by atoms with Crippen LogP contribution in [0.3, 0.4) is 0 Å². The minimum Gasteiger partial charge on any atom is -0.477 e. The van der Waals surface area contributed by atoms with Crippen LogP contribution in [-0.2, 0) is 5.75 Å². The number of aromatic carboxylic acids is 1. The first-order chi connectivity index (χ1) is 7.75. The van der Waals surface area contributed by atoms with Crippen molar-refractivity contribution in [2.45, 2.75) is 10.6 Å². The van der Waals surface area contributed by atoms with E-state index >= 15 is 0 Å². The fraction of sp³-hybridized carbons (Fsp3) is 0.0833. The molecule has 0 spiro atoms. The largest absolute Gasteiger partial charge is 0.477 e. The molecular weight excluding hydrogens is 222 g/mol. The highest BCUT2D eigenvalue weighted by molar-refractivity contribution is 7.98. The van der Waals surface area contributed by atoms with E-state index in [1.165, 1.54) is 5.56 Å². The van der Waals surface area contributed by atoms with Crippen molar-refractivity contribution in [1.29, 1.82) is 0 Å². The quantitative estimate of drug-likeness (QED) is 0.798. The van der Waals surface area contributed by atoms with E-state index in [9.17, 15) is 4.79 Å². The molecule has 0 saturated carbocycles. The van der Waals surface area contributed by atoms with Gasteiger partial charge in [-0.25, -0.2) is 4.79 Å². The molecule has 0 bridgehead atoms. The fourth-order valence-electron chi connectivity index (χ4n) is 1.32. The van der Waals surface area contributed by atoms with Crippen LogP contribution in [0.5, 0.6) is 0 Å². The Balaban J connectivity index is 1.97. The summed E-state index contributed by atoms with van der Waals surface area (Å²) in [6.45, 7) is 0. The summed E-state index contributed by atoms with van der Waals surface area (Å²) >= 11 is 1.62. The second kappa shape index (κ2) is 4.90. The lowest BCUT2D eigenvalue weighted by atomic mass is 10.2. The molecule has 0 radical (unpaired) electrons. The normalized spacial score (nSPS) is 10.2. The van der Waals surface area contributed by atoms with Gasteiger partial charge in [-0.2, -0.15) is 0 Å². The average Bonchev–Trinajstić information content (AvgIpc) is 2.76.